The van der Waals surface area contributed by atoms with Crippen LogP contribution in [0.1, 0.15) is 18.9 Å². The third-order valence-corrected chi connectivity index (χ3v) is 5.00. The number of piperidine rings is 1. The van der Waals surface area contributed by atoms with Gasteiger partial charge in [-0.3, -0.25) is 9.69 Å². The van der Waals surface area contributed by atoms with Crippen LogP contribution in [0.5, 0.6) is 0 Å². The molecule has 0 radical (unpaired) electrons. The molecule has 0 saturated carbocycles. The lowest BCUT2D eigenvalue weighted by Gasteiger charge is -2.34. The number of carboxylic acids is 1. The lowest BCUT2D eigenvalue weighted by Crippen LogP contribution is -2.41. The van der Waals surface area contributed by atoms with Gasteiger partial charge in [0.25, 0.3) is 0 Å². The summed E-state index contributed by atoms with van der Waals surface area (Å²) in [7, 11) is 0. The minimum Gasteiger partial charge on any atom is -0.481 e. The number of carboxylic acid groups (broad SMARTS) is 1. The maximum atomic E-state index is 11.1. The molecule has 94 valence electrons. The zero-order valence-corrected chi connectivity index (χ0v) is 12.1. The summed E-state index contributed by atoms with van der Waals surface area (Å²) in [4.78, 5) is 13.3. The highest BCUT2D eigenvalue weighted by atomic mass is 79.9. The average Bonchev–Trinajstić information content (AvgIpc) is 2.63. The quantitative estimate of drug-likeness (QED) is 0.931. The summed E-state index contributed by atoms with van der Waals surface area (Å²) < 4.78 is 1.13. The highest BCUT2D eigenvalue weighted by molar-refractivity contribution is 9.10. The topological polar surface area (TPSA) is 40.5 Å². The highest BCUT2D eigenvalue weighted by Crippen LogP contribution is 2.27. The van der Waals surface area contributed by atoms with E-state index in [1.165, 1.54) is 5.56 Å². The molecule has 1 aliphatic rings. The highest BCUT2D eigenvalue weighted by Gasteiger charge is 2.29. The van der Waals surface area contributed by atoms with Gasteiger partial charge < -0.3 is 5.11 Å². The SMILES string of the molecule is CC1CC(C(=O)O)CN(Cc2cscc2Br)C1. The van der Waals surface area contributed by atoms with E-state index in [0.717, 1.165) is 24.0 Å². The van der Waals surface area contributed by atoms with Crippen molar-refractivity contribution in [1.82, 2.24) is 4.90 Å². The summed E-state index contributed by atoms with van der Waals surface area (Å²) in [5.41, 5.74) is 1.26. The van der Waals surface area contributed by atoms with Gasteiger partial charge in [-0.1, -0.05) is 6.92 Å². The van der Waals surface area contributed by atoms with Crippen molar-refractivity contribution in [2.45, 2.75) is 19.9 Å². The van der Waals surface area contributed by atoms with Gasteiger partial charge >= 0.3 is 5.97 Å². The molecular formula is C12H16BrNO2S. The first-order valence-corrected chi connectivity index (χ1v) is 7.45. The number of thiophene rings is 1. The molecule has 1 aromatic heterocycles. The Morgan fingerprint density at radius 1 is 1.59 bits per heavy atom. The minimum atomic E-state index is -0.661. The van der Waals surface area contributed by atoms with Crippen LogP contribution in [0.25, 0.3) is 0 Å². The first kappa shape index (κ1) is 13.1. The Kier molecular flexibility index (Phi) is 4.22. The molecule has 3 nitrogen and oxygen atoms in total. The summed E-state index contributed by atoms with van der Waals surface area (Å²) in [5, 5.41) is 13.3. The van der Waals surface area contributed by atoms with Crippen molar-refractivity contribution in [3.63, 3.8) is 0 Å². The number of hydrogen-bond donors (Lipinski definition) is 1. The molecule has 2 unspecified atom stereocenters. The largest absolute Gasteiger partial charge is 0.481 e. The molecule has 0 bridgehead atoms. The third-order valence-electron chi connectivity index (χ3n) is 3.17. The average molecular weight is 318 g/mol. The minimum absolute atomic E-state index is 0.212. The van der Waals surface area contributed by atoms with Crippen LogP contribution >= 0.6 is 27.3 Å². The first-order chi connectivity index (χ1) is 8.06. The zero-order chi connectivity index (χ0) is 12.4. The van der Waals surface area contributed by atoms with Crippen LogP contribution in [0.3, 0.4) is 0 Å². The van der Waals surface area contributed by atoms with Gasteiger partial charge in [0.15, 0.2) is 0 Å². The van der Waals surface area contributed by atoms with E-state index in [2.05, 4.69) is 38.5 Å². The van der Waals surface area contributed by atoms with Crippen molar-refractivity contribution < 1.29 is 9.90 Å². The van der Waals surface area contributed by atoms with Gasteiger partial charge in [-0.15, -0.1) is 0 Å². The first-order valence-electron chi connectivity index (χ1n) is 5.72. The van der Waals surface area contributed by atoms with Gasteiger partial charge in [-0.25, -0.2) is 0 Å². The monoisotopic (exact) mass is 317 g/mol. The van der Waals surface area contributed by atoms with Gasteiger partial charge in [-0.2, -0.15) is 11.3 Å². The van der Waals surface area contributed by atoms with Gasteiger partial charge in [-0.05, 0) is 39.2 Å². The number of hydrogen-bond acceptors (Lipinski definition) is 3. The molecule has 2 rings (SSSR count). The fourth-order valence-corrected chi connectivity index (χ4v) is 3.85. The predicted molar refractivity (Wildman–Crippen MR) is 72.2 cm³/mol. The van der Waals surface area contributed by atoms with E-state index in [1.807, 2.05) is 0 Å². The van der Waals surface area contributed by atoms with Crippen LogP contribution < -0.4 is 0 Å². The van der Waals surface area contributed by atoms with Crippen LogP contribution in [0, 0.1) is 11.8 Å². The van der Waals surface area contributed by atoms with Crippen molar-refractivity contribution in [1.29, 1.82) is 0 Å². The number of nitrogens with zero attached hydrogens (tertiary/aromatic N) is 1. The fraction of sp³-hybridized carbons (Fsp3) is 0.583. The molecule has 0 spiro atoms. The second-order valence-corrected chi connectivity index (χ2v) is 6.41. The summed E-state index contributed by atoms with van der Waals surface area (Å²) >= 11 is 5.19. The lowest BCUT2D eigenvalue weighted by atomic mass is 9.90. The van der Waals surface area contributed by atoms with Crippen LogP contribution in [0.2, 0.25) is 0 Å². The van der Waals surface area contributed by atoms with E-state index >= 15 is 0 Å². The van der Waals surface area contributed by atoms with Crippen molar-refractivity contribution in [2.24, 2.45) is 11.8 Å². The zero-order valence-electron chi connectivity index (χ0n) is 9.73. The van der Waals surface area contributed by atoms with E-state index in [4.69, 9.17) is 5.11 Å². The Morgan fingerprint density at radius 3 is 2.94 bits per heavy atom. The van der Waals surface area contributed by atoms with Gasteiger partial charge in [0.05, 0.1) is 5.92 Å². The maximum Gasteiger partial charge on any atom is 0.307 e. The van der Waals surface area contributed by atoms with Crippen molar-refractivity contribution >= 4 is 33.2 Å². The Labute approximate surface area is 114 Å². The van der Waals surface area contributed by atoms with Crippen LogP contribution in [0.4, 0.5) is 0 Å². The number of halogens is 1. The molecule has 0 aliphatic carbocycles. The molecule has 1 saturated heterocycles. The predicted octanol–water partition coefficient (Wildman–Crippen LogP) is 3.05. The second kappa shape index (κ2) is 5.50. The van der Waals surface area contributed by atoms with Crippen LogP contribution in [-0.2, 0) is 11.3 Å². The standard InChI is InChI=1S/C12H16BrNO2S/c1-8-2-9(12(15)16)4-14(3-8)5-10-6-17-7-11(10)13/h6-9H,2-5H2,1H3,(H,15,16). The summed E-state index contributed by atoms with van der Waals surface area (Å²) in [6.45, 7) is 4.64. The van der Waals surface area contributed by atoms with Gasteiger partial charge in [0, 0.05) is 29.5 Å². The van der Waals surface area contributed by atoms with Gasteiger partial charge in [0.2, 0.25) is 0 Å². The number of aliphatic carboxylic acids is 1. The van der Waals surface area contributed by atoms with E-state index in [-0.39, 0.29) is 5.92 Å². The van der Waals surface area contributed by atoms with Crippen LogP contribution in [0.15, 0.2) is 15.2 Å². The summed E-state index contributed by atoms with van der Waals surface area (Å²) in [5.74, 6) is -0.413. The van der Waals surface area contributed by atoms with Crippen LogP contribution in [-0.4, -0.2) is 29.1 Å². The van der Waals surface area contributed by atoms with E-state index in [1.54, 1.807) is 11.3 Å². The molecule has 5 heteroatoms. The Hall–Kier alpha value is -0.390. The van der Waals surface area contributed by atoms with E-state index in [0.29, 0.717) is 12.5 Å². The number of rotatable bonds is 3. The van der Waals surface area contributed by atoms with Crippen molar-refractivity contribution in [3.05, 3.63) is 20.8 Å². The lowest BCUT2D eigenvalue weighted by molar-refractivity contribution is -0.144. The number of likely N-dealkylation sites (tertiary alicyclic amines) is 1. The Bertz CT molecular complexity index is 407. The maximum absolute atomic E-state index is 11.1. The summed E-state index contributed by atoms with van der Waals surface area (Å²) in [6.07, 6.45) is 0.802. The molecule has 0 amide bonds. The van der Waals surface area contributed by atoms with E-state index < -0.39 is 5.97 Å². The van der Waals surface area contributed by atoms with E-state index in [9.17, 15) is 4.79 Å². The fourth-order valence-electron chi connectivity index (χ4n) is 2.43. The van der Waals surface area contributed by atoms with Gasteiger partial charge in [0.1, 0.15) is 0 Å². The Balaban J connectivity index is 2.01. The summed E-state index contributed by atoms with van der Waals surface area (Å²) in [6, 6.07) is 0. The molecule has 17 heavy (non-hydrogen) atoms. The van der Waals surface area contributed by atoms with Crippen molar-refractivity contribution in [3.8, 4) is 0 Å². The normalized spacial score (nSPS) is 26.0. The third kappa shape index (κ3) is 3.30. The smallest absolute Gasteiger partial charge is 0.307 e. The molecule has 2 heterocycles. The molecule has 0 aromatic carbocycles. The molecule has 1 N–H and O–H groups in total. The molecule has 2 atom stereocenters. The molecular weight excluding hydrogens is 302 g/mol. The number of carbonyl (C=O) groups is 1. The molecule has 1 fully saturated rings. The van der Waals surface area contributed by atoms with Crippen molar-refractivity contribution in [2.75, 3.05) is 13.1 Å². The Morgan fingerprint density at radius 2 is 2.35 bits per heavy atom. The second-order valence-electron chi connectivity index (χ2n) is 4.82. The molecule has 1 aliphatic heterocycles. The molecule has 1 aromatic rings.